The van der Waals surface area contributed by atoms with Crippen LogP contribution in [0.2, 0.25) is 0 Å². The Morgan fingerprint density at radius 3 is 2.59 bits per heavy atom. The van der Waals surface area contributed by atoms with Crippen LogP contribution in [0.25, 0.3) is 22.6 Å². The summed E-state index contributed by atoms with van der Waals surface area (Å²) in [6.07, 6.45) is 3.47. The van der Waals surface area contributed by atoms with Gasteiger partial charge in [-0.2, -0.15) is 0 Å². The minimum atomic E-state index is -0.306. The number of pyridine rings is 1. The number of nitrogens with zero attached hydrogens (tertiary/aromatic N) is 3. The Hall–Kier alpha value is -3.30. The van der Waals surface area contributed by atoms with Crippen molar-refractivity contribution < 1.29 is 13.9 Å². The first-order valence-electron chi connectivity index (χ1n) is 9.67. The number of aromatic amines is 1. The van der Waals surface area contributed by atoms with E-state index in [9.17, 15) is 4.39 Å². The van der Waals surface area contributed by atoms with Crippen LogP contribution in [0.3, 0.4) is 0 Å². The summed E-state index contributed by atoms with van der Waals surface area (Å²) >= 11 is 4.94. The van der Waals surface area contributed by atoms with E-state index < -0.39 is 0 Å². The molecule has 1 N–H and O–H groups in total. The zero-order chi connectivity index (χ0) is 21.9. The van der Waals surface area contributed by atoms with Crippen molar-refractivity contribution in [2.24, 2.45) is 0 Å². The molecule has 0 spiro atoms. The molecule has 32 heavy (non-hydrogen) atoms. The van der Waals surface area contributed by atoms with Gasteiger partial charge in [-0.1, -0.05) is 18.2 Å². The van der Waals surface area contributed by atoms with Crippen LogP contribution in [0.15, 0.2) is 70.9 Å². The van der Waals surface area contributed by atoms with Crippen LogP contribution in [0.4, 0.5) is 4.39 Å². The van der Waals surface area contributed by atoms with Gasteiger partial charge < -0.3 is 14.5 Å². The number of thiazole rings is 1. The van der Waals surface area contributed by atoms with Gasteiger partial charge in [0.25, 0.3) is 0 Å². The lowest BCUT2D eigenvalue weighted by molar-refractivity contribution is 0.288. The molecule has 5 rings (SSSR count). The van der Waals surface area contributed by atoms with E-state index in [0.717, 1.165) is 20.4 Å². The molecule has 0 atom stereocenters. The molecule has 5 aromatic rings. The fourth-order valence-electron chi connectivity index (χ4n) is 3.13. The summed E-state index contributed by atoms with van der Waals surface area (Å²) in [6.45, 7) is 0.481. The Balaban J connectivity index is 1.47. The van der Waals surface area contributed by atoms with Gasteiger partial charge in [0, 0.05) is 34.1 Å². The van der Waals surface area contributed by atoms with Crippen LogP contribution < -0.4 is 9.47 Å². The Kier molecular flexibility index (Phi) is 5.83. The van der Waals surface area contributed by atoms with Gasteiger partial charge in [0.05, 0.1) is 15.9 Å². The lowest BCUT2D eigenvalue weighted by Crippen LogP contribution is -2.00. The molecule has 0 saturated carbocycles. The lowest BCUT2D eigenvalue weighted by atomic mass is 10.2. The molecule has 3 aromatic heterocycles. The minimum absolute atomic E-state index is 0.0963. The maximum atomic E-state index is 14.0. The Morgan fingerprint density at radius 2 is 1.81 bits per heavy atom. The van der Waals surface area contributed by atoms with Crippen LogP contribution in [0.5, 0.6) is 11.5 Å². The van der Waals surface area contributed by atoms with Gasteiger partial charge in [0.1, 0.15) is 36.4 Å². The van der Waals surface area contributed by atoms with Gasteiger partial charge >= 0.3 is 0 Å². The highest BCUT2D eigenvalue weighted by Gasteiger charge is 2.12. The minimum Gasteiger partial charge on any atom is -0.489 e. The molecule has 0 amide bonds. The number of imidazole rings is 1. The predicted octanol–water partition coefficient (Wildman–Crippen LogP) is 6.14. The molecule has 6 nitrogen and oxygen atoms in total. The second-order valence-corrected chi connectivity index (χ2v) is 8.83. The predicted molar refractivity (Wildman–Crippen MR) is 124 cm³/mol. The van der Waals surface area contributed by atoms with Crippen molar-refractivity contribution in [1.82, 2.24) is 19.9 Å². The van der Waals surface area contributed by atoms with E-state index in [1.807, 2.05) is 18.2 Å². The number of hydrogen-bond donors (Lipinski definition) is 1. The normalized spacial score (nSPS) is 11.1. The van der Waals surface area contributed by atoms with Gasteiger partial charge in [-0.3, -0.25) is 4.98 Å². The Labute approximate surface area is 195 Å². The smallest absolute Gasteiger partial charge is 0.178 e. The SMILES string of the molecule is Fc1ccccc1COc1cc(OCc2cncs2)cc(-c2nc3ncc(Br)cc3[nH]2)c1. The maximum absolute atomic E-state index is 14.0. The molecular weight excluding hydrogens is 495 g/mol. The summed E-state index contributed by atoms with van der Waals surface area (Å²) in [4.78, 5) is 17.3. The largest absolute Gasteiger partial charge is 0.489 e. The zero-order valence-corrected chi connectivity index (χ0v) is 19.0. The Morgan fingerprint density at radius 1 is 1.00 bits per heavy atom. The van der Waals surface area contributed by atoms with Gasteiger partial charge in [-0.15, -0.1) is 11.3 Å². The number of rotatable bonds is 7. The fourth-order valence-corrected chi connectivity index (χ4v) is 3.97. The second-order valence-electron chi connectivity index (χ2n) is 6.94. The van der Waals surface area contributed by atoms with E-state index in [1.54, 1.807) is 42.2 Å². The number of ether oxygens (including phenoxy) is 2. The molecular formula is C23H16BrFN4O2S. The molecule has 0 radical (unpaired) electrons. The lowest BCUT2D eigenvalue weighted by Gasteiger charge is -2.12. The van der Waals surface area contributed by atoms with Crippen LogP contribution >= 0.6 is 27.3 Å². The molecule has 2 aromatic carbocycles. The molecule has 0 aliphatic rings. The number of H-pyrrole nitrogens is 1. The third-order valence-corrected chi connectivity index (χ3v) is 5.86. The summed E-state index contributed by atoms with van der Waals surface area (Å²) < 4.78 is 26.8. The average Bonchev–Trinajstić information content (AvgIpc) is 3.46. The number of fused-ring (bicyclic) bond motifs is 1. The number of hydrogen-bond acceptors (Lipinski definition) is 6. The third-order valence-electron chi connectivity index (χ3n) is 4.67. The highest BCUT2D eigenvalue weighted by Crippen LogP contribution is 2.31. The molecule has 3 heterocycles. The standard InChI is InChI=1S/C23H16BrFN4O2S/c24-16-7-21-23(27-9-16)29-22(28-21)15-5-17(30-11-14-3-1-2-4-20(14)25)8-18(6-15)31-12-19-10-26-13-32-19/h1-10,13H,11-12H2,(H,27,28,29). The molecule has 0 aliphatic carbocycles. The summed E-state index contributed by atoms with van der Waals surface area (Å²) in [5.41, 5.74) is 4.41. The number of halogens is 2. The van der Waals surface area contributed by atoms with E-state index >= 15 is 0 Å². The average molecular weight is 511 g/mol. The van der Waals surface area contributed by atoms with Crippen molar-refractivity contribution >= 4 is 38.4 Å². The summed E-state index contributed by atoms with van der Waals surface area (Å²) in [5.74, 6) is 1.47. The molecule has 0 fully saturated rings. The zero-order valence-electron chi connectivity index (χ0n) is 16.6. The third kappa shape index (κ3) is 4.63. The van der Waals surface area contributed by atoms with E-state index in [0.29, 0.717) is 35.1 Å². The first-order chi connectivity index (χ1) is 15.6. The van der Waals surface area contributed by atoms with E-state index in [-0.39, 0.29) is 12.4 Å². The summed E-state index contributed by atoms with van der Waals surface area (Å²) in [6, 6.07) is 14.0. The van der Waals surface area contributed by atoms with E-state index in [1.165, 1.54) is 17.4 Å². The van der Waals surface area contributed by atoms with E-state index in [4.69, 9.17) is 9.47 Å². The molecule has 0 bridgehead atoms. The van der Waals surface area contributed by atoms with Crippen molar-refractivity contribution in [3.05, 3.63) is 87.2 Å². The Bertz CT molecular complexity index is 1370. The molecule has 0 aliphatic heterocycles. The van der Waals surface area contributed by atoms with Gasteiger partial charge in [-0.25, -0.2) is 14.4 Å². The first kappa shape index (κ1) is 20.6. The van der Waals surface area contributed by atoms with Crippen molar-refractivity contribution in [2.45, 2.75) is 13.2 Å². The van der Waals surface area contributed by atoms with Crippen LogP contribution in [-0.2, 0) is 13.2 Å². The highest BCUT2D eigenvalue weighted by atomic mass is 79.9. The molecule has 0 unspecified atom stereocenters. The summed E-state index contributed by atoms with van der Waals surface area (Å²) in [5, 5.41) is 0. The van der Waals surface area contributed by atoms with Crippen molar-refractivity contribution in [3.8, 4) is 22.9 Å². The maximum Gasteiger partial charge on any atom is 0.178 e. The van der Waals surface area contributed by atoms with Crippen LogP contribution in [-0.4, -0.2) is 19.9 Å². The van der Waals surface area contributed by atoms with Crippen molar-refractivity contribution in [3.63, 3.8) is 0 Å². The van der Waals surface area contributed by atoms with Crippen LogP contribution in [0.1, 0.15) is 10.4 Å². The molecule has 160 valence electrons. The number of nitrogens with one attached hydrogen (secondary N) is 1. The first-order valence-corrected chi connectivity index (χ1v) is 11.3. The van der Waals surface area contributed by atoms with Gasteiger partial charge in [0.15, 0.2) is 5.65 Å². The van der Waals surface area contributed by atoms with Crippen LogP contribution in [0, 0.1) is 5.82 Å². The molecule has 0 saturated heterocycles. The topological polar surface area (TPSA) is 72.9 Å². The van der Waals surface area contributed by atoms with Crippen molar-refractivity contribution in [1.29, 1.82) is 0 Å². The van der Waals surface area contributed by atoms with E-state index in [2.05, 4.69) is 35.9 Å². The number of aromatic nitrogens is 4. The monoisotopic (exact) mass is 510 g/mol. The highest BCUT2D eigenvalue weighted by molar-refractivity contribution is 9.10. The van der Waals surface area contributed by atoms with Crippen molar-refractivity contribution in [2.75, 3.05) is 0 Å². The quantitative estimate of drug-likeness (QED) is 0.284. The van der Waals surface area contributed by atoms with Gasteiger partial charge in [-0.05, 0) is 40.2 Å². The van der Waals surface area contributed by atoms with Gasteiger partial charge in [0.2, 0.25) is 0 Å². The molecule has 9 heteroatoms. The fraction of sp³-hybridized carbons (Fsp3) is 0.0870. The second kappa shape index (κ2) is 9.05. The summed E-state index contributed by atoms with van der Waals surface area (Å²) in [7, 11) is 0. The number of benzene rings is 2.